The van der Waals surface area contributed by atoms with Crippen molar-refractivity contribution >= 4 is 21.7 Å². The molecule has 5 aromatic carbocycles. The molecule has 1 aliphatic heterocycles. The van der Waals surface area contributed by atoms with Crippen molar-refractivity contribution < 1.29 is 27.4 Å². The van der Waals surface area contributed by atoms with Crippen LogP contribution in [0.4, 0.5) is 5.69 Å². The van der Waals surface area contributed by atoms with E-state index in [9.17, 15) is 18.1 Å². The molecule has 0 aliphatic carbocycles. The first-order valence-electron chi connectivity index (χ1n) is 16.0. The van der Waals surface area contributed by atoms with E-state index < -0.39 is 22.0 Å². The smallest absolute Gasteiger partial charge is 0.337 e. The van der Waals surface area contributed by atoms with Crippen molar-refractivity contribution in [3.8, 4) is 11.5 Å². The number of hydrogen-bond acceptors (Lipinski definition) is 8. The van der Waals surface area contributed by atoms with Crippen molar-refractivity contribution in [2.24, 2.45) is 5.18 Å². The molecule has 49 heavy (non-hydrogen) atoms. The minimum Gasteiger partial charge on any atom is -0.491 e. The van der Waals surface area contributed by atoms with E-state index in [4.69, 9.17) is 14.2 Å². The molecule has 1 aliphatic rings. The molecule has 0 fully saturated rings. The summed E-state index contributed by atoms with van der Waals surface area (Å²) in [6.45, 7) is 0.427. The third-order valence-electron chi connectivity index (χ3n) is 8.62. The Morgan fingerprint density at radius 1 is 0.816 bits per heavy atom. The molecule has 0 bridgehead atoms. The fourth-order valence-corrected chi connectivity index (χ4v) is 7.69. The number of ether oxygens (including phenoxy) is 3. The van der Waals surface area contributed by atoms with Gasteiger partial charge in [0, 0.05) is 12.1 Å². The van der Waals surface area contributed by atoms with Gasteiger partial charge < -0.3 is 14.2 Å². The van der Waals surface area contributed by atoms with Crippen LogP contribution in [0.25, 0.3) is 0 Å². The Morgan fingerprint density at radius 2 is 1.49 bits per heavy atom. The lowest BCUT2D eigenvalue weighted by Gasteiger charge is -2.28. The highest BCUT2D eigenvalue weighted by Gasteiger charge is 2.39. The number of fused-ring (bicyclic) bond motifs is 1. The Hall–Kier alpha value is -5.32. The molecule has 0 N–H and O–H groups in total. The second kappa shape index (κ2) is 15.3. The lowest BCUT2D eigenvalue weighted by Crippen LogP contribution is -2.37. The van der Waals surface area contributed by atoms with Crippen molar-refractivity contribution in [2.75, 3.05) is 20.3 Å². The molecule has 1 atom stereocenters. The number of benzene rings is 5. The van der Waals surface area contributed by atoms with Crippen LogP contribution < -0.4 is 9.47 Å². The molecule has 10 heteroatoms. The normalized spacial score (nSPS) is 13.8. The standard InChI is InChI=1S/C39H36N2O7S/c1-46-39(42)32-21-22-33-35(27-48-37(33)25-32)41(49(44,45)38-14-8-6-12-34(38)40-43)24-23-31-11-5-7-13-36(31)47-26-30-19-17-29(18-20-30)16-15-28-9-3-2-4-10-28/h2-14,17-22,25,35H,15-16,23-24,26-27H2,1H3. The maximum atomic E-state index is 14.3. The van der Waals surface area contributed by atoms with Crippen LogP contribution in [0.3, 0.4) is 0 Å². The highest BCUT2D eigenvalue weighted by Crippen LogP contribution is 2.41. The highest BCUT2D eigenvalue weighted by atomic mass is 32.2. The van der Waals surface area contributed by atoms with Crippen molar-refractivity contribution in [3.63, 3.8) is 0 Å². The molecule has 0 aromatic heterocycles. The number of carbonyl (C=O) groups excluding carboxylic acids is 1. The first-order chi connectivity index (χ1) is 23.9. The zero-order chi connectivity index (χ0) is 34.2. The summed E-state index contributed by atoms with van der Waals surface area (Å²) in [5.74, 6) is 0.513. The molecule has 0 amide bonds. The van der Waals surface area contributed by atoms with E-state index in [0.29, 0.717) is 35.7 Å². The predicted octanol–water partition coefficient (Wildman–Crippen LogP) is 7.60. The summed E-state index contributed by atoms with van der Waals surface area (Å²) in [5, 5.41) is 2.99. The van der Waals surface area contributed by atoms with Crippen LogP contribution >= 0.6 is 0 Å². The Bertz CT molecular complexity index is 2030. The van der Waals surface area contributed by atoms with E-state index in [2.05, 4.69) is 53.7 Å². The summed E-state index contributed by atoms with van der Waals surface area (Å²) in [6, 6.07) is 36.3. The third-order valence-corrected chi connectivity index (χ3v) is 10.6. The van der Waals surface area contributed by atoms with Crippen LogP contribution in [0.15, 0.2) is 131 Å². The minimum atomic E-state index is -4.24. The number of carbonyl (C=O) groups is 1. The number of rotatable bonds is 14. The number of methoxy groups -OCH3 is 1. The molecule has 250 valence electrons. The van der Waals surface area contributed by atoms with Crippen molar-refractivity contribution in [3.05, 3.63) is 160 Å². The van der Waals surface area contributed by atoms with Crippen molar-refractivity contribution in [2.45, 2.75) is 36.8 Å². The van der Waals surface area contributed by atoms with Crippen molar-refractivity contribution in [1.82, 2.24) is 4.31 Å². The average molecular weight is 677 g/mol. The molecule has 6 rings (SSSR count). The van der Waals surface area contributed by atoms with Gasteiger partial charge in [-0.05, 0) is 77.0 Å². The lowest BCUT2D eigenvalue weighted by molar-refractivity contribution is 0.0600. The van der Waals surface area contributed by atoms with E-state index in [1.54, 1.807) is 30.3 Å². The quantitative estimate of drug-likeness (QED) is 0.0880. The SMILES string of the molecule is COC(=O)c1ccc2c(c1)OCC2N(CCc1ccccc1OCc1ccc(CCc2ccccc2)cc1)S(=O)(=O)c1ccccc1N=O. The van der Waals surface area contributed by atoms with Gasteiger partial charge in [0.15, 0.2) is 0 Å². The molecular weight excluding hydrogens is 641 g/mol. The predicted molar refractivity (Wildman–Crippen MR) is 187 cm³/mol. The molecule has 0 spiro atoms. The van der Waals surface area contributed by atoms with Crippen LogP contribution in [0.5, 0.6) is 11.5 Å². The second-order valence-electron chi connectivity index (χ2n) is 11.7. The van der Waals surface area contributed by atoms with Gasteiger partial charge >= 0.3 is 5.97 Å². The summed E-state index contributed by atoms with van der Waals surface area (Å²) in [5.41, 5.74) is 5.11. The Kier molecular flexibility index (Phi) is 10.5. The fraction of sp³-hybridized carbons (Fsp3) is 0.205. The molecule has 5 aromatic rings. The number of hydrogen-bond donors (Lipinski definition) is 0. The first-order valence-corrected chi connectivity index (χ1v) is 17.4. The summed E-state index contributed by atoms with van der Waals surface area (Å²) in [4.78, 5) is 23.6. The maximum absolute atomic E-state index is 14.3. The number of esters is 1. The number of aryl methyl sites for hydroxylation is 2. The van der Waals surface area contributed by atoms with Gasteiger partial charge in [-0.1, -0.05) is 91.0 Å². The summed E-state index contributed by atoms with van der Waals surface area (Å²) in [7, 11) is -2.95. The molecule has 1 heterocycles. The Labute approximate surface area is 286 Å². The molecule has 0 saturated carbocycles. The highest BCUT2D eigenvalue weighted by molar-refractivity contribution is 7.89. The minimum absolute atomic E-state index is 0.0232. The molecule has 0 radical (unpaired) electrons. The molecule has 1 unspecified atom stereocenters. The van der Waals surface area contributed by atoms with Crippen LogP contribution in [0.2, 0.25) is 0 Å². The zero-order valence-corrected chi connectivity index (χ0v) is 27.8. The number of sulfonamides is 1. The topological polar surface area (TPSA) is 112 Å². The van der Waals surface area contributed by atoms with Gasteiger partial charge in [0.2, 0.25) is 10.0 Å². The van der Waals surface area contributed by atoms with E-state index in [1.807, 2.05) is 30.3 Å². The van der Waals surface area contributed by atoms with Gasteiger partial charge in [0.25, 0.3) is 0 Å². The molecule has 0 saturated heterocycles. The van der Waals surface area contributed by atoms with Gasteiger partial charge in [0.05, 0.1) is 18.7 Å². The maximum Gasteiger partial charge on any atom is 0.337 e. The summed E-state index contributed by atoms with van der Waals surface area (Å²) in [6.07, 6.45) is 2.24. The van der Waals surface area contributed by atoms with Crippen LogP contribution in [-0.4, -0.2) is 39.0 Å². The molecular formula is C39H36N2O7S. The second-order valence-corrected chi connectivity index (χ2v) is 13.6. The van der Waals surface area contributed by atoms with E-state index in [-0.39, 0.29) is 23.7 Å². The zero-order valence-electron chi connectivity index (χ0n) is 27.0. The molecule has 9 nitrogen and oxygen atoms in total. The number of nitrogens with zero attached hydrogens (tertiary/aromatic N) is 2. The van der Waals surface area contributed by atoms with E-state index in [1.165, 1.54) is 34.7 Å². The van der Waals surface area contributed by atoms with E-state index in [0.717, 1.165) is 24.0 Å². The van der Waals surface area contributed by atoms with Gasteiger partial charge in [-0.2, -0.15) is 4.31 Å². The Morgan fingerprint density at radius 3 is 2.24 bits per heavy atom. The van der Waals surface area contributed by atoms with Crippen LogP contribution in [0, 0.1) is 4.91 Å². The van der Waals surface area contributed by atoms with Crippen LogP contribution in [0.1, 0.15) is 44.2 Å². The third kappa shape index (κ3) is 7.72. The largest absolute Gasteiger partial charge is 0.491 e. The van der Waals surface area contributed by atoms with Gasteiger partial charge in [-0.3, -0.25) is 0 Å². The summed E-state index contributed by atoms with van der Waals surface area (Å²) >= 11 is 0. The first kappa shape index (κ1) is 33.6. The average Bonchev–Trinajstić information content (AvgIpc) is 3.56. The van der Waals surface area contributed by atoms with Crippen LogP contribution in [-0.2, 0) is 40.6 Å². The van der Waals surface area contributed by atoms with Gasteiger partial charge in [-0.15, -0.1) is 4.91 Å². The van der Waals surface area contributed by atoms with Gasteiger partial charge in [0.1, 0.15) is 35.3 Å². The van der Waals surface area contributed by atoms with Crippen molar-refractivity contribution in [1.29, 1.82) is 0 Å². The monoisotopic (exact) mass is 676 g/mol. The number of para-hydroxylation sites is 1. The van der Waals surface area contributed by atoms with E-state index >= 15 is 0 Å². The fourth-order valence-electron chi connectivity index (χ4n) is 5.98. The lowest BCUT2D eigenvalue weighted by atomic mass is 10.0. The van der Waals surface area contributed by atoms with Gasteiger partial charge in [-0.25, -0.2) is 13.2 Å². The number of nitroso groups, excluding NO2 is 1. The Balaban J connectivity index is 1.20. The summed E-state index contributed by atoms with van der Waals surface area (Å²) < 4.78 is 46.9.